The van der Waals surface area contributed by atoms with Gasteiger partial charge in [0.15, 0.2) is 0 Å². The van der Waals surface area contributed by atoms with Gasteiger partial charge in [0, 0.05) is 47.7 Å². The van der Waals surface area contributed by atoms with Gasteiger partial charge in [-0.05, 0) is 61.7 Å². The molecule has 0 radical (unpaired) electrons. The van der Waals surface area contributed by atoms with Gasteiger partial charge in [-0.3, -0.25) is 14.5 Å². The number of benzene rings is 1. The SMILES string of the molecule is O=C(CCCc1cccs1)Nc1cccc(C(=O)NC2CCN(C3CC3)C2)c1. The lowest BCUT2D eigenvalue weighted by molar-refractivity contribution is -0.116. The molecule has 1 saturated heterocycles. The summed E-state index contributed by atoms with van der Waals surface area (Å²) in [6.45, 7) is 2.04. The summed E-state index contributed by atoms with van der Waals surface area (Å²) in [6.07, 6.45) is 5.85. The Balaban J connectivity index is 1.25. The molecule has 1 unspecified atom stereocenters. The van der Waals surface area contributed by atoms with E-state index in [1.165, 1.54) is 17.7 Å². The lowest BCUT2D eigenvalue weighted by atomic mass is 10.1. The van der Waals surface area contributed by atoms with E-state index in [2.05, 4.69) is 27.0 Å². The van der Waals surface area contributed by atoms with E-state index in [0.29, 0.717) is 17.7 Å². The first-order valence-electron chi connectivity index (χ1n) is 10.1. The molecule has 4 rings (SSSR count). The molecule has 2 heterocycles. The van der Waals surface area contributed by atoms with Crippen LogP contribution in [0.25, 0.3) is 0 Å². The fourth-order valence-corrected chi connectivity index (χ4v) is 4.54. The fraction of sp³-hybridized carbons (Fsp3) is 0.455. The Morgan fingerprint density at radius 2 is 2.04 bits per heavy atom. The first-order chi connectivity index (χ1) is 13.7. The van der Waals surface area contributed by atoms with Crippen LogP contribution in [0, 0.1) is 0 Å². The summed E-state index contributed by atoms with van der Waals surface area (Å²) < 4.78 is 0. The summed E-state index contributed by atoms with van der Waals surface area (Å²) in [5.41, 5.74) is 1.28. The highest BCUT2D eigenvalue weighted by Gasteiger charge is 2.34. The highest BCUT2D eigenvalue weighted by molar-refractivity contribution is 7.09. The predicted molar refractivity (Wildman–Crippen MR) is 113 cm³/mol. The lowest BCUT2D eigenvalue weighted by Gasteiger charge is -2.16. The van der Waals surface area contributed by atoms with Crippen LogP contribution in [0.15, 0.2) is 41.8 Å². The number of hydrogen-bond donors (Lipinski definition) is 2. The molecule has 1 atom stereocenters. The van der Waals surface area contributed by atoms with Crippen LogP contribution in [0.4, 0.5) is 5.69 Å². The number of anilines is 1. The van der Waals surface area contributed by atoms with Crippen LogP contribution in [-0.4, -0.2) is 41.9 Å². The summed E-state index contributed by atoms with van der Waals surface area (Å²) in [4.78, 5) is 28.6. The number of hydrogen-bond acceptors (Lipinski definition) is 4. The molecule has 28 heavy (non-hydrogen) atoms. The van der Waals surface area contributed by atoms with Crippen LogP contribution in [0.2, 0.25) is 0 Å². The lowest BCUT2D eigenvalue weighted by Crippen LogP contribution is -2.37. The van der Waals surface area contributed by atoms with E-state index in [1.54, 1.807) is 23.5 Å². The van der Waals surface area contributed by atoms with Crippen LogP contribution in [-0.2, 0) is 11.2 Å². The molecule has 6 heteroatoms. The fourth-order valence-electron chi connectivity index (χ4n) is 3.78. The van der Waals surface area contributed by atoms with E-state index in [1.807, 2.05) is 18.2 Å². The van der Waals surface area contributed by atoms with Crippen LogP contribution >= 0.6 is 11.3 Å². The quantitative estimate of drug-likeness (QED) is 0.714. The molecule has 2 fully saturated rings. The van der Waals surface area contributed by atoms with Crippen molar-refractivity contribution in [3.8, 4) is 0 Å². The number of thiophene rings is 1. The van der Waals surface area contributed by atoms with Crippen LogP contribution in [0.3, 0.4) is 0 Å². The number of rotatable bonds is 8. The zero-order valence-corrected chi connectivity index (χ0v) is 16.8. The second-order valence-electron chi connectivity index (χ2n) is 7.75. The van der Waals surface area contributed by atoms with Gasteiger partial charge < -0.3 is 10.6 Å². The highest BCUT2D eigenvalue weighted by Crippen LogP contribution is 2.29. The summed E-state index contributed by atoms with van der Waals surface area (Å²) in [6, 6.07) is 12.3. The molecule has 2 amide bonds. The van der Waals surface area contributed by atoms with Crippen LogP contribution in [0.5, 0.6) is 0 Å². The van der Waals surface area contributed by atoms with Crippen LogP contribution in [0.1, 0.15) is 47.3 Å². The standard InChI is InChI=1S/C22H27N3O2S/c26-21(8-2-6-20-7-3-13-28-20)23-17-5-1-4-16(14-17)22(27)24-18-11-12-25(15-18)19-9-10-19/h1,3-5,7,13-14,18-19H,2,6,8-12,15H2,(H,23,26)(H,24,27). The first-order valence-corrected chi connectivity index (χ1v) is 11.0. The van der Waals surface area contributed by atoms with Gasteiger partial charge in [0.2, 0.25) is 5.91 Å². The van der Waals surface area contributed by atoms with Crippen molar-refractivity contribution in [3.63, 3.8) is 0 Å². The topological polar surface area (TPSA) is 61.4 Å². The molecule has 5 nitrogen and oxygen atoms in total. The number of amides is 2. The number of nitrogens with one attached hydrogen (secondary N) is 2. The van der Waals surface area contributed by atoms with E-state index >= 15 is 0 Å². The van der Waals surface area contributed by atoms with E-state index < -0.39 is 0 Å². The zero-order valence-electron chi connectivity index (χ0n) is 16.0. The average molecular weight is 398 g/mol. The minimum atomic E-state index is -0.0589. The molecule has 148 valence electrons. The van der Waals surface area contributed by atoms with Gasteiger partial charge in [-0.15, -0.1) is 11.3 Å². The van der Waals surface area contributed by atoms with Crippen LogP contribution < -0.4 is 10.6 Å². The van der Waals surface area contributed by atoms with Gasteiger partial charge in [-0.2, -0.15) is 0 Å². The number of likely N-dealkylation sites (tertiary alicyclic amines) is 1. The molecule has 1 aliphatic heterocycles. The largest absolute Gasteiger partial charge is 0.348 e. The van der Waals surface area contributed by atoms with Crippen molar-refractivity contribution < 1.29 is 9.59 Å². The van der Waals surface area contributed by atoms with Crippen molar-refractivity contribution >= 4 is 28.8 Å². The van der Waals surface area contributed by atoms with Gasteiger partial charge in [0.05, 0.1) is 0 Å². The smallest absolute Gasteiger partial charge is 0.251 e. The first kappa shape index (κ1) is 19.2. The van der Waals surface area contributed by atoms with Gasteiger partial charge in [-0.1, -0.05) is 12.1 Å². The Morgan fingerprint density at radius 1 is 1.14 bits per heavy atom. The molecule has 1 aromatic heterocycles. The van der Waals surface area contributed by atoms with Gasteiger partial charge >= 0.3 is 0 Å². The maximum atomic E-state index is 12.6. The van der Waals surface area contributed by atoms with E-state index in [9.17, 15) is 9.59 Å². The van der Waals surface area contributed by atoms with Crippen molar-refractivity contribution in [2.75, 3.05) is 18.4 Å². The second kappa shape index (κ2) is 8.88. The molecule has 1 saturated carbocycles. The minimum absolute atomic E-state index is 0.00928. The van der Waals surface area contributed by atoms with Crippen molar-refractivity contribution in [1.29, 1.82) is 0 Å². The molecular formula is C22H27N3O2S. The Kier molecular flexibility index (Phi) is 6.07. The highest BCUT2D eigenvalue weighted by atomic mass is 32.1. The van der Waals surface area contributed by atoms with E-state index in [4.69, 9.17) is 0 Å². The third-order valence-corrected chi connectivity index (χ3v) is 6.37. The van der Waals surface area contributed by atoms with Crippen molar-refractivity contribution in [2.45, 2.75) is 50.6 Å². The molecule has 2 N–H and O–H groups in total. The molecule has 1 aliphatic carbocycles. The molecule has 0 bridgehead atoms. The third-order valence-electron chi connectivity index (χ3n) is 5.43. The van der Waals surface area contributed by atoms with Gasteiger partial charge in [0.25, 0.3) is 5.91 Å². The third kappa shape index (κ3) is 5.20. The number of nitrogens with zero attached hydrogens (tertiary/aromatic N) is 1. The summed E-state index contributed by atoms with van der Waals surface area (Å²) >= 11 is 1.72. The Hall–Kier alpha value is -2.18. The van der Waals surface area contributed by atoms with Gasteiger partial charge in [0.1, 0.15) is 0 Å². The summed E-state index contributed by atoms with van der Waals surface area (Å²) in [5, 5.41) is 8.12. The molecular weight excluding hydrogens is 370 g/mol. The second-order valence-corrected chi connectivity index (χ2v) is 8.78. The molecule has 0 spiro atoms. The maximum absolute atomic E-state index is 12.6. The normalized spacial score (nSPS) is 19.5. The van der Waals surface area contributed by atoms with Crippen molar-refractivity contribution in [1.82, 2.24) is 10.2 Å². The monoisotopic (exact) mass is 397 g/mol. The van der Waals surface area contributed by atoms with Crippen molar-refractivity contribution in [3.05, 3.63) is 52.2 Å². The Morgan fingerprint density at radius 3 is 2.82 bits per heavy atom. The molecule has 2 aliphatic rings. The maximum Gasteiger partial charge on any atom is 0.251 e. The summed E-state index contributed by atoms with van der Waals surface area (Å²) in [5.74, 6) is -0.0681. The Labute approximate surface area is 170 Å². The van der Waals surface area contributed by atoms with E-state index in [-0.39, 0.29) is 17.9 Å². The zero-order chi connectivity index (χ0) is 19.3. The summed E-state index contributed by atoms with van der Waals surface area (Å²) in [7, 11) is 0. The Bertz CT molecular complexity index is 817. The van der Waals surface area contributed by atoms with Gasteiger partial charge in [-0.25, -0.2) is 0 Å². The van der Waals surface area contributed by atoms with E-state index in [0.717, 1.165) is 38.4 Å². The number of aryl methyl sites for hydroxylation is 1. The predicted octanol–water partition coefficient (Wildman–Crippen LogP) is 3.68. The molecule has 2 aromatic rings. The number of carbonyl (C=O) groups excluding carboxylic acids is 2. The average Bonchev–Trinajstić information content (AvgIpc) is 3.20. The minimum Gasteiger partial charge on any atom is -0.348 e. The molecule has 1 aromatic carbocycles. The van der Waals surface area contributed by atoms with Crippen molar-refractivity contribution in [2.24, 2.45) is 0 Å². The number of carbonyl (C=O) groups is 2.